The fraction of sp³-hybridized carbons (Fsp3) is 0.455. The first kappa shape index (κ1) is 12.8. The molecule has 0 aromatic heterocycles. The van der Waals surface area contributed by atoms with Gasteiger partial charge < -0.3 is 5.73 Å². The van der Waals surface area contributed by atoms with Crippen molar-refractivity contribution in [2.45, 2.75) is 23.8 Å². The maximum absolute atomic E-state index is 12.3. The van der Waals surface area contributed by atoms with Gasteiger partial charge in [-0.1, -0.05) is 23.7 Å². The van der Waals surface area contributed by atoms with Crippen LogP contribution in [0, 0.1) is 0 Å². The van der Waals surface area contributed by atoms with Gasteiger partial charge in [-0.2, -0.15) is 4.31 Å². The second-order valence-corrected chi connectivity index (χ2v) is 6.51. The Morgan fingerprint density at radius 3 is 2.71 bits per heavy atom. The van der Waals surface area contributed by atoms with Gasteiger partial charge in [0.1, 0.15) is 4.90 Å². The van der Waals surface area contributed by atoms with E-state index in [2.05, 4.69) is 0 Å². The molecule has 1 aliphatic heterocycles. The number of hydrogen-bond acceptors (Lipinski definition) is 3. The summed E-state index contributed by atoms with van der Waals surface area (Å²) >= 11 is 5.93. The molecule has 0 bridgehead atoms. The summed E-state index contributed by atoms with van der Waals surface area (Å²) in [7, 11) is -3.50. The van der Waals surface area contributed by atoms with Crippen LogP contribution in [-0.4, -0.2) is 31.9 Å². The normalized spacial score (nSPS) is 22.6. The Morgan fingerprint density at radius 1 is 1.35 bits per heavy atom. The van der Waals surface area contributed by atoms with Crippen molar-refractivity contribution in [1.82, 2.24) is 4.31 Å². The van der Waals surface area contributed by atoms with Crippen LogP contribution in [0.15, 0.2) is 29.2 Å². The molecule has 1 saturated heterocycles. The van der Waals surface area contributed by atoms with Crippen molar-refractivity contribution in [3.63, 3.8) is 0 Å². The third-order valence-corrected chi connectivity index (χ3v) is 5.24. The molecular formula is C11H15ClN2O2S. The Labute approximate surface area is 106 Å². The van der Waals surface area contributed by atoms with Crippen LogP contribution >= 0.6 is 11.6 Å². The highest BCUT2D eigenvalue weighted by Crippen LogP contribution is 2.26. The van der Waals surface area contributed by atoms with Crippen LogP contribution in [0.4, 0.5) is 0 Å². The summed E-state index contributed by atoms with van der Waals surface area (Å²) < 4.78 is 26.1. The smallest absolute Gasteiger partial charge is 0.244 e. The number of piperidine rings is 1. The van der Waals surface area contributed by atoms with Crippen LogP contribution in [-0.2, 0) is 10.0 Å². The van der Waals surface area contributed by atoms with E-state index in [1.54, 1.807) is 18.2 Å². The zero-order valence-electron chi connectivity index (χ0n) is 9.34. The highest BCUT2D eigenvalue weighted by molar-refractivity contribution is 7.89. The minimum Gasteiger partial charge on any atom is -0.327 e. The molecule has 0 radical (unpaired) electrons. The molecule has 94 valence electrons. The predicted molar refractivity (Wildman–Crippen MR) is 67.4 cm³/mol. The average Bonchev–Trinajstić information content (AvgIpc) is 2.29. The van der Waals surface area contributed by atoms with Crippen molar-refractivity contribution in [3.8, 4) is 0 Å². The van der Waals surface area contributed by atoms with E-state index >= 15 is 0 Å². The number of sulfonamides is 1. The molecule has 6 heteroatoms. The minimum absolute atomic E-state index is 0.0824. The second kappa shape index (κ2) is 4.94. The monoisotopic (exact) mass is 274 g/mol. The van der Waals surface area contributed by atoms with E-state index in [0.717, 1.165) is 12.8 Å². The fourth-order valence-electron chi connectivity index (χ4n) is 1.99. The van der Waals surface area contributed by atoms with E-state index in [-0.39, 0.29) is 16.0 Å². The van der Waals surface area contributed by atoms with E-state index in [1.807, 2.05) is 0 Å². The van der Waals surface area contributed by atoms with Crippen LogP contribution in [0.3, 0.4) is 0 Å². The summed E-state index contributed by atoms with van der Waals surface area (Å²) in [5.74, 6) is 0. The second-order valence-electron chi connectivity index (χ2n) is 4.20. The summed E-state index contributed by atoms with van der Waals surface area (Å²) in [4.78, 5) is 0.163. The molecule has 1 aromatic carbocycles. The number of nitrogens with two attached hydrogens (primary N) is 1. The molecule has 1 aliphatic rings. The van der Waals surface area contributed by atoms with Gasteiger partial charge in [0.15, 0.2) is 0 Å². The average molecular weight is 275 g/mol. The molecule has 4 nitrogen and oxygen atoms in total. The van der Waals surface area contributed by atoms with Crippen molar-refractivity contribution < 1.29 is 8.42 Å². The lowest BCUT2D eigenvalue weighted by atomic mass is 10.1. The molecule has 1 fully saturated rings. The van der Waals surface area contributed by atoms with Gasteiger partial charge in [-0.05, 0) is 25.0 Å². The van der Waals surface area contributed by atoms with Gasteiger partial charge in [0.25, 0.3) is 0 Å². The van der Waals surface area contributed by atoms with Crippen molar-refractivity contribution in [2.24, 2.45) is 5.73 Å². The summed E-state index contributed by atoms with van der Waals surface area (Å²) in [6, 6.07) is 6.41. The van der Waals surface area contributed by atoms with Gasteiger partial charge in [0.05, 0.1) is 5.02 Å². The van der Waals surface area contributed by atoms with Crippen LogP contribution in [0.2, 0.25) is 5.02 Å². The molecule has 1 aromatic rings. The Balaban J connectivity index is 2.33. The van der Waals surface area contributed by atoms with Crippen LogP contribution in [0.25, 0.3) is 0 Å². The highest BCUT2D eigenvalue weighted by Gasteiger charge is 2.30. The molecule has 0 amide bonds. The first-order valence-corrected chi connectivity index (χ1v) is 7.34. The van der Waals surface area contributed by atoms with Crippen molar-refractivity contribution in [1.29, 1.82) is 0 Å². The van der Waals surface area contributed by atoms with E-state index in [9.17, 15) is 8.42 Å². The van der Waals surface area contributed by atoms with Crippen molar-refractivity contribution in [3.05, 3.63) is 29.3 Å². The van der Waals surface area contributed by atoms with E-state index < -0.39 is 10.0 Å². The predicted octanol–water partition coefficient (Wildman–Crippen LogP) is 1.45. The molecule has 0 aliphatic carbocycles. The lowest BCUT2D eigenvalue weighted by molar-refractivity contribution is 0.316. The highest BCUT2D eigenvalue weighted by atomic mass is 35.5. The van der Waals surface area contributed by atoms with E-state index in [1.165, 1.54) is 10.4 Å². The van der Waals surface area contributed by atoms with Crippen LogP contribution in [0.5, 0.6) is 0 Å². The largest absolute Gasteiger partial charge is 0.327 e. The lowest BCUT2D eigenvalue weighted by Gasteiger charge is -2.30. The summed E-state index contributed by atoms with van der Waals surface area (Å²) in [5.41, 5.74) is 5.80. The summed E-state index contributed by atoms with van der Waals surface area (Å²) in [6.45, 7) is 0.884. The third kappa shape index (κ3) is 2.63. The van der Waals surface area contributed by atoms with Crippen molar-refractivity contribution >= 4 is 21.6 Å². The fourth-order valence-corrected chi connectivity index (χ4v) is 4.01. The standard InChI is InChI=1S/C11H15ClN2O2S/c12-10-5-1-2-6-11(10)17(15,16)14-7-3-4-9(13)8-14/h1-2,5-6,9H,3-4,7-8,13H2/t9-/m0/s1. The number of rotatable bonds is 2. The quantitative estimate of drug-likeness (QED) is 0.888. The third-order valence-electron chi connectivity index (χ3n) is 2.88. The van der Waals surface area contributed by atoms with Crippen molar-refractivity contribution in [2.75, 3.05) is 13.1 Å². The molecule has 17 heavy (non-hydrogen) atoms. The molecule has 2 rings (SSSR count). The number of nitrogens with zero attached hydrogens (tertiary/aromatic N) is 1. The number of halogens is 1. The van der Waals surface area contributed by atoms with Gasteiger partial charge >= 0.3 is 0 Å². The Bertz CT molecular complexity index is 504. The van der Waals surface area contributed by atoms with Gasteiger partial charge in [0.2, 0.25) is 10.0 Å². The first-order valence-electron chi connectivity index (χ1n) is 5.52. The maximum atomic E-state index is 12.3. The molecule has 1 atom stereocenters. The summed E-state index contributed by atoms with van der Waals surface area (Å²) in [6.07, 6.45) is 1.67. The van der Waals surface area contributed by atoms with E-state index in [4.69, 9.17) is 17.3 Å². The topological polar surface area (TPSA) is 63.4 Å². The van der Waals surface area contributed by atoms with Gasteiger partial charge in [-0.3, -0.25) is 0 Å². The molecule has 1 heterocycles. The van der Waals surface area contributed by atoms with Crippen LogP contribution in [0.1, 0.15) is 12.8 Å². The molecule has 0 spiro atoms. The first-order chi connectivity index (χ1) is 8.01. The number of benzene rings is 1. The molecule has 0 saturated carbocycles. The maximum Gasteiger partial charge on any atom is 0.244 e. The van der Waals surface area contributed by atoms with Crippen LogP contribution < -0.4 is 5.73 Å². The Hall–Kier alpha value is -0.620. The van der Waals surface area contributed by atoms with Gasteiger partial charge in [0, 0.05) is 19.1 Å². The lowest BCUT2D eigenvalue weighted by Crippen LogP contribution is -2.45. The molecule has 0 unspecified atom stereocenters. The summed E-state index contributed by atoms with van der Waals surface area (Å²) in [5, 5.41) is 0.256. The minimum atomic E-state index is -3.50. The Morgan fingerprint density at radius 2 is 2.06 bits per heavy atom. The Kier molecular flexibility index (Phi) is 3.73. The number of hydrogen-bond donors (Lipinski definition) is 1. The SMILES string of the molecule is N[C@H]1CCCN(S(=O)(=O)c2ccccc2Cl)C1. The van der Waals surface area contributed by atoms with Gasteiger partial charge in [-0.25, -0.2) is 8.42 Å². The van der Waals surface area contributed by atoms with E-state index in [0.29, 0.717) is 13.1 Å². The zero-order valence-corrected chi connectivity index (χ0v) is 10.9. The zero-order chi connectivity index (χ0) is 12.5. The van der Waals surface area contributed by atoms with Gasteiger partial charge in [-0.15, -0.1) is 0 Å². The molecular weight excluding hydrogens is 260 g/mol. The molecule has 2 N–H and O–H groups in total.